The monoisotopic (exact) mass is 531 g/mol. The summed E-state index contributed by atoms with van der Waals surface area (Å²) in [6.07, 6.45) is 6.52. The first-order valence-corrected chi connectivity index (χ1v) is 14.3. The van der Waals surface area contributed by atoms with E-state index < -0.39 is 23.8 Å². The van der Waals surface area contributed by atoms with E-state index in [1.165, 1.54) is 0 Å². The first-order valence-electron chi connectivity index (χ1n) is 14.3. The van der Waals surface area contributed by atoms with E-state index in [2.05, 4.69) is 10.6 Å². The standard InChI is InChI=1S/C30H49N3O5/c1-8-10-19-33(28(36)24(20(3)9-2)32-29(37)38-30(5,6)7)25(23-18-14-15-21(4)26(23)34)27(35)31-22-16-12-11-13-17-22/h14-15,18,20,22,24-25,34H,8-13,16-17,19H2,1-7H3,(H,31,35)(H,32,37). The van der Waals surface area contributed by atoms with E-state index in [4.69, 9.17) is 4.74 Å². The van der Waals surface area contributed by atoms with E-state index in [9.17, 15) is 19.5 Å². The summed E-state index contributed by atoms with van der Waals surface area (Å²) in [4.78, 5) is 42.5. The fourth-order valence-corrected chi connectivity index (χ4v) is 4.87. The van der Waals surface area contributed by atoms with E-state index >= 15 is 0 Å². The van der Waals surface area contributed by atoms with Crippen LogP contribution in [0.4, 0.5) is 4.79 Å². The van der Waals surface area contributed by atoms with Crippen LogP contribution in [0.15, 0.2) is 18.2 Å². The van der Waals surface area contributed by atoms with Gasteiger partial charge in [0, 0.05) is 18.2 Å². The highest BCUT2D eigenvalue weighted by atomic mass is 16.6. The third-order valence-corrected chi connectivity index (χ3v) is 7.26. The van der Waals surface area contributed by atoms with Gasteiger partial charge in [-0.25, -0.2) is 4.79 Å². The molecule has 3 amide bonds. The number of hydrogen-bond donors (Lipinski definition) is 3. The van der Waals surface area contributed by atoms with Gasteiger partial charge in [0.15, 0.2) is 0 Å². The van der Waals surface area contributed by atoms with Crippen molar-refractivity contribution < 1.29 is 24.2 Å². The Labute approximate surface area is 228 Å². The van der Waals surface area contributed by atoms with Crippen LogP contribution in [0.25, 0.3) is 0 Å². The quantitative estimate of drug-likeness (QED) is 0.337. The number of aryl methyl sites for hydroxylation is 1. The summed E-state index contributed by atoms with van der Waals surface area (Å²) in [6, 6.07) is 3.41. The lowest BCUT2D eigenvalue weighted by Gasteiger charge is -2.37. The van der Waals surface area contributed by atoms with Crippen LogP contribution < -0.4 is 10.6 Å². The van der Waals surface area contributed by atoms with Gasteiger partial charge in [0.05, 0.1) is 0 Å². The van der Waals surface area contributed by atoms with Crippen molar-refractivity contribution in [1.82, 2.24) is 15.5 Å². The van der Waals surface area contributed by atoms with Gasteiger partial charge in [-0.2, -0.15) is 0 Å². The van der Waals surface area contributed by atoms with Gasteiger partial charge in [-0.1, -0.05) is 71.1 Å². The van der Waals surface area contributed by atoms with Gasteiger partial charge >= 0.3 is 6.09 Å². The second-order valence-electron chi connectivity index (χ2n) is 11.7. The summed E-state index contributed by atoms with van der Waals surface area (Å²) < 4.78 is 5.46. The Kier molecular flexibility index (Phi) is 11.9. The Morgan fingerprint density at radius 2 is 1.79 bits per heavy atom. The number of phenols is 1. The molecule has 0 aromatic heterocycles. The maximum absolute atomic E-state index is 14.3. The van der Waals surface area contributed by atoms with Crippen molar-refractivity contribution in [3.8, 4) is 5.75 Å². The van der Waals surface area contributed by atoms with Crippen LogP contribution in [0.5, 0.6) is 5.75 Å². The fraction of sp³-hybridized carbons (Fsp3) is 0.700. The van der Waals surface area contributed by atoms with Gasteiger partial charge < -0.3 is 25.4 Å². The van der Waals surface area contributed by atoms with E-state index in [0.29, 0.717) is 30.5 Å². The largest absolute Gasteiger partial charge is 0.507 e. The lowest BCUT2D eigenvalue weighted by molar-refractivity contribution is -0.144. The number of amides is 3. The third kappa shape index (κ3) is 8.91. The van der Waals surface area contributed by atoms with Crippen molar-refractivity contribution in [3.05, 3.63) is 29.3 Å². The second kappa shape index (κ2) is 14.4. The number of nitrogens with zero attached hydrogens (tertiary/aromatic N) is 1. The molecule has 0 bridgehead atoms. The van der Waals surface area contributed by atoms with Gasteiger partial charge in [-0.05, 0) is 58.4 Å². The molecule has 8 heteroatoms. The Morgan fingerprint density at radius 3 is 2.37 bits per heavy atom. The molecule has 1 fully saturated rings. The fourth-order valence-electron chi connectivity index (χ4n) is 4.87. The first-order chi connectivity index (χ1) is 17.9. The van der Waals surface area contributed by atoms with E-state index in [1.807, 2.05) is 20.8 Å². The highest BCUT2D eigenvalue weighted by Crippen LogP contribution is 2.33. The molecule has 8 nitrogen and oxygen atoms in total. The minimum atomic E-state index is -1.03. The van der Waals surface area contributed by atoms with Crippen molar-refractivity contribution in [3.63, 3.8) is 0 Å². The predicted octanol–water partition coefficient (Wildman–Crippen LogP) is 5.76. The zero-order chi connectivity index (χ0) is 28.5. The van der Waals surface area contributed by atoms with Crippen molar-refractivity contribution in [2.75, 3.05) is 6.54 Å². The van der Waals surface area contributed by atoms with E-state index in [0.717, 1.165) is 38.5 Å². The van der Waals surface area contributed by atoms with Crippen molar-refractivity contribution in [1.29, 1.82) is 0 Å². The topological polar surface area (TPSA) is 108 Å². The molecule has 1 saturated carbocycles. The minimum absolute atomic E-state index is 0.00536. The van der Waals surface area contributed by atoms with Gasteiger partial charge in [-0.3, -0.25) is 9.59 Å². The molecule has 1 aliphatic carbocycles. The van der Waals surface area contributed by atoms with Crippen molar-refractivity contribution in [2.45, 2.75) is 124 Å². The zero-order valence-corrected chi connectivity index (χ0v) is 24.4. The number of benzene rings is 1. The van der Waals surface area contributed by atoms with Crippen LogP contribution in [-0.4, -0.2) is 52.1 Å². The SMILES string of the molecule is CCCCN(C(=O)C(NC(=O)OC(C)(C)C)C(C)CC)C(C(=O)NC1CCCCC1)c1cccc(C)c1O. The molecular weight excluding hydrogens is 482 g/mol. The smallest absolute Gasteiger partial charge is 0.408 e. The average Bonchev–Trinajstić information content (AvgIpc) is 2.85. The normalized spacial score (nSPS) is 16.7. The maximum atomic E-state index is 14.3. The number of phenolic OH excluding ortho intramolecular Hbond substituents is 1. The Hall–Kier alpha value is -2.77. The molecule has 3 atom stereocenters. The van der Waals surface area contributed by atoms with Gasteiger partial charge in [0.25, 0.3) is 0 Å². The van der Waals surface area contributed by atoms with Crippen molar-refractivity contribution in [2.24, 2.45) is 5.92 Å². The molecule has 3 unspecified atom stereocenters. The van der Waals surface area contributed by atoms with Gasteiger partial charge in [0.2, 0.25) is 11.8 Å². The summed E-state index contributed by atoms with van der Waals surface area (Å²) in [5.74, 6) is -0.858. The number of carbonyl (C=O) groups excluding carboxylic acids is 3. The zero-order valence-electron chi connectivity index (χ0n) is 24.4. The number of ether oxygens (including phenoxy) is 1. The second-order valence-corrected chi connectivity index (χ2v) is 11.7. The van der Waals surface area contributed by atoms with Gasteiger partial charge in [0.1, 0.15) is 23.4 Å². The lowest BCUT2D eigenvalue weighted by Crippen LogP contribution is -2.56. The van der Waals surface area contributed by atoms with Crippen LogP contribution in [-0.2, 0) is 14.3 Å². The summed E-state index contributed by atoms with van der Waals surface area (Å²) in [5.41, 5.74) is 0.305. The molecule has 38 heavy (non-hydrogen) atoms. The summed E-state index contributed by atoms with van der Waals surface area (Å²) in [6.45, 7) is 13.3. The molecule has 1 aliphatic rings. The number of hydrogen-bond acceptors (Lipinski definition) is 5. The number of unbranched alkanes of at least 4 members (excludes halogenated alkanes) is 1. The molecule has 0 radical (unpaired) electrons. The number of nitrogens with one attached hydrogen (secondary N) is 2. The third-order valence-electron chi connectivity index (χ3n) is 7.26. The highest BCUT2D eigenvalue weighted by Gasteiger charge is 2.39. The van der Waals surface area contributed by atoms with Crippen LogP contribution >= 0.6 is 0 Å². The summed E-state index contributed by atoms with van der Waals surface area (Å²) >= 11 is 0. The number of aromatic hydroxyl groups is 1. The van der Waals surface area contributed by atoms with Crippen LogP contribution in [0.3, 0.4) is 0 Å². The predicted molar refractivity (Wildman–Crippen MR) is 150 cm³/mol. The molecule has 214 valence electrons. The minimum Gasteiger partial charge on any atom is -0.507 e. The molecule has 0 saturated heterocycles. The average molecular weight is 532 g/mol. The molecule has 2 rings (SSSR count). The number of para-hydroxylation sites is 1. The van der Waals surface area contributed by atoms with E-state index in [-0.39, 0.29) is 29.5 Å². The molecule has 0 heterocycles. The molecule has 3 N–H and O–H groups in total. The Balaban J connectivity index is 2.52. The van der Waals surface area contributed by atoms with Gasteiger partial charge in [-0.15, -0.1) is 0 Å². The summed E-state index contributed by atoms with van der Waals surface area (Å²) in [5, 5.41) is 17.0. The number of carbonyl (C=O) groups is 3. The highest BCUT2D eigenvalue weighted by molar-refractivity contribution is 5.93. The number of rotatable bonds is 11. The molecule has 0 aliphatic heterocycles. The maximum Gasteiger partial charge on any atom is 0.408 e. The first kappa shape index (κ1) is 31.4. The van der Waals surface area contributed by atoms with Crippen LogP contribution in [0, 0.1) is 12.8 Å². The Bertz CT molecular complexity index is 936. The van der Waals surface area contributed by atoms with Crippen LogP contribution in [0.1, 0.15) is 110 Å². The molecule has 1 aromatic carbocycles. The molecule has 0 spiro atoms. The molecular formula is C30H49N3O5. The summed E-state index contributed by atoms with van der Waals surface area (Å²) in [7, 11) is 0. The number of alkyl carbamates (subject to hydrolysis) is 1. The van der Waals surface area contributed by atoms with Crippen molar-refractivity contribution >= 4 is 17.9 Å². The lowest BCUT2D eigenvalue weighted by atomic mass is 9.93. The Morgan fingerprint density at radius 1 is 1.13 bits per heavy atom. The van der Waals surface area contributed by atoms with Crippen LogP contribution in [0.2, 0.25) is 0 Å². The molecule has 1 aromatic rings. The van der Waals surface area contributed by atoms with E-state index in [1.54, 1.807) is 50.8 Å².